The minimum atomic E-state index is -4.25. The molecule has 1 aliphatic rings. The molecule has 6 atom stereocenters. The van der Waals surface area contributed by atoms with Crippen LogP contribution in [0.5, 0.6) is 5.75 Å². The topological polar surface area (TPSA) is 202 Å². The number of carbonyl (C=O) groups excluding carboxylic acids is 1. The number of hydrogen-bond donors (Lipinski definition) is 4. The number of aliphatic hydroxyl groups excluding tert-OH is 1. The number of nitrogens with zero attached hydrogens (tertiary/aromatic N) is 4. The number of aliphatic hydroxyl groups is 2. The van der Waals surface area contributed by atoms with Crippen molar-refractivity contribution in [1.82, 2.24) is 24.6 Å². The Morgan fingerprint density at radius 3 is 2.62 bits per heavy atom. The summed E-state index contributed by atoms with van der Waals surface area (Å²) in [5.41, 5.74) is 4.78. The smallest absolute Gasteiger partial charge is 0.459 e. The first kappa shape index (κ1) is 31.3. The molecular formula is C26H35N6O9P. The standard InChI is InChI=1S/C26H35N6O9P/c1-6-37-16(4)19-20-22(30-25(27)29-19)32(14-28-20)24-26(5,35)21(33)18(40-24)13-39-42(36,31-15(3)23(34)38-7-2)41-17-11-9-8-10-12-17/h8-12,14-15,18,21,24,33,35H,4,6-7,13H2,1-3,5H3,(H,31,36)(H2,27,29,30)/t15-,18+,21+,24+,26+,42?/m0/s1. The van der Waals surface area contributed by atoms with Gasteiger partial charge < -0.3 is 34.7 Å². The maximum Gasteiger partial charge on any atom is 0.459 e. The molecule has 0 spiro atoms. The van der Waals surface area contributed by atoms with Crippen LogP contribution in [0.15, 0.2) is 43.2 Å². The Kier molecular flexibility index (Phi) is 9.50. The number of aromatic nitrogens is 4. The first-order valence-corrected chi connectivity index (χ1v) is 14.8. The lowest BCUT2D eigenvalue weighted by molar-refractivity contribution is -0.144. The second kappa shape index (κ2) is 12.7. The van der Waals surface area contributed by atoms with Crippen molar-refractivity contribution in [1.29, 1.82) is 0 Å². The summed E-state index contributed by atoms with van der Waals surface area (Å²) in [7, 11) is -4.25. The lowest BCUT2D eigenvalue weighted by atomic mass is 9.96. The molecule has 0 radical (unpaired) electrons. The summed E-state index contributed by atoms with van der Waals surface area (Å²) in [4.78, 5) is 25.0. The van der Waals surface area contributed by atoms with Gasteiger partial charge in [0.1, 0.15) is 46.6 Å². The maximum atomic E-state index is 13.8. The van der Waals surface area contributed by atoms with Gasteiger partial charge in [-0.15, -0.1) is 0 Å². The van der Waals surface area contributed by atoms with Crippen LogP contribution < -0.4 is 15.3 Å². The number of fused-ring (bicyclic) bond motifs is 1. The Hall–Kier alpha value is -3.59. The third-order valence-corrected chi connectivity index (χ3v) is 8.04. The van der Waals surface area contributed by atoms with Crippen LogP contribution in [0.4, 0.5) is 5.95 Å². The number of esters is 1. The zero-order valence-corrected chi connectivity index (χ0v) is 24.6. The molecule has 1 aliphatic heterocycles. The van der Waals surface area contributed by atoms with Crippen molar-refractivity contribution < 1.29 is 42.8 Å². The van der Waals surface area contributed by atoms with E-state index in [0.29, 0.717) is 6.61 Å². The van der Waals surface area contributed by atoms with Crippen molar-refractivity contribution in [2.24, 2.45) is 0 Å². The van der Waals surface area contributed by atoms with E-state index in [1.54, 1.807) is 44.2 Å². The zero-order chi connectivity index (χ0) is 30.7. The molecule has 15 nitrogen and oxygen atoms in total. The molecule has 3 aromatic rings. The Balaban J connectivity index is 1.59. The van der Waals surface area contributed by atoms with E-state index in [4.69, 9.17) is 29.0 Å². The third-order valence-electron chi connectivity index (χ3n) is 6.40. The number of carbonyl (C=O) groups is 1. The number of hydrogen-bond acceptors (Lipinski definition) is 13. The highest BCUT2D eigenvalue weighted by atomic mass is 31.2. The molecule has 1 unspecified atom stereocenters. The van der Waals surface area contributed by atoms with Crippen LogP contribution in [0.25, 0.3) is 16.9 Å². The second-order valence-electron chi connectivity index (χ2n) is 9.61. The van der Waals surface area contributed by atoms with Gasteiger partial charge in [-0.25, -0.2) is 14.5 Å². The second-order valence-corrected chi connectivity index (χ2v) is 11.3. The van der Waals surface area contributed by atoms with Crippen LogP contribution in [0, 0.1) is 0 Å². The quantitative estimate of drug-likeness (QED) is 0.125. The maximum absolute atomic E-state index is 13.8. The molecule has 42 heavy (non-hydrogen) atoms. The van der Waals surface area contributed by atoms with E-state index in [-0.39, 0.29) is 40.9 Å². The molecule has 0 aliphatic carbocycles. The van der Waals surface area contributed by atoms with Crippen molar-refractivity contribution in [2.45, 2.75) is 57.8 Å². The van der Waals surface area contributed by atoms with Gasteiger partial charge in [-0.1, -0.05) is 24.8 Å². The number of rotatable bonds is 13. The molecule has 5 N–H and O–H groups in total. The van der Waals surface area contributed by atoms with E-state index in [9.17, 15) is 19.6 Å². The van der Waals surface area contributed by atoms with Crippen molar-refractivity contribution >= 4 is 36.6 Å². The highest BCUT2D eigenvalue weighted by molar-refractivity contribution is 7.52. The fourth-order valence-corrected chi connectivity index (χ4v) is 5.86. The monoisotopic (exact) mass is 606 g/mol. The number of nitrogens with two attached hydrogens (primary N) is 1. The van der Waals surface area contributed by atoms with Gasteiger partial charge in [-0.3, -0.25) is 13.9 Å². The van der Waals surface area contributed by atoms with Gasteiger partial charge in [-0.05, 0) is 39.8 Å². The molecule has 1 fully saturated rings. The van der Waals surface area contributed by atoms with Gasteiger partial charge in [0.2, 0.25) is 5.95 Å². The number of para-hydroxylation sites is 1. The van der Waals surface area contributed by atoms with Crippen LogP contribution in [0.1, 0.15) is 39.6 Å². The summed E-state index contributed by atoms with van der Waals surface area (Å²) >= 11 is 0. The summed E-state index contributed by atoms with van der Waals surface area (Å²) in [6, 6.07) is 7.13. The van der Waals surface area contributed by atoms with Crippen LogP contribution in [-0.2, 0) is 28.1 Å². The molecule has 16 heteroatoms. The summed E-state index contributed by atoms with van der Waals surface area (Å²) in [6.07, 6.45) is -2.60. The van der Waals surface area contributed by atoms with Gasteiger partial charge in [-0.2, -0.15) is 10.1 Å². The van der Waals surface area contributed by atoms with Gasteiger partial charge in [0.25, 0.3) is 0 Å². The number of nitrogens with one attached hydrogen (secondary N) is 1. The van der Waals surface area contributed by atoms with E-state index in [1.165, 1.54) is 24.7 Å². The van der Waals surface area contributed by atoms with Gasteiger partial charge >= 0.3 is 13.7 Å². The normalized spacial score (nSPS) is 24.2. The molecule has 3 heterocycles. The molecule has 0 saturated carbocycles. The first-order chi connectivity index (χ1) is 19.9. The Morgan fingerprint density at radius 1 is 1.26 bits per heavy atom. The van der Waals surface area contributed by atoms with Crippen molar-refractivity contribution in [3.63, 3.8) is 0 Å². The zero-order valence-electron chi connectivity index (χ0n) is 23.7. The van der Waals surface area contributed by atoms with E-state index in [2.05, 4.69) is 26.6 Å². The first-order valence-electron chi connectivity index (χ1n) is 13.2. The van der Waals surface area contributed by atoms with Crippen LogP contribution >= 0.6 is 7.75 Å². The molecule has 4 rings (SSSR count). The third kappa shape index (κ3) is 6.56. The summed E-state index contributed by atoms with van der Waals surface area (Å²) in [5.74, 6) is -0.337. The molecule has 1 saturated heterocycles. The van der Waals surface area contributed by atoms with Crippen LogP contribution in [0.3, 0.4) is 0 Å². The highest BCUT2D eigenvalue weighted by Gasteiger charge is 2.54. The Morgan fingerprint density at radius 2 is 1.95 bits per heavy atom. The number of benzene rings is 1. The van der Waals surface area contributed by atoms with Gasteiger partial charge in [0.05, 0.1) is 26.1 Å². The largest absolute Gasteiger partial charge is 0.492 e. The SMILES string of the molecule is C=C(OCC)c1nc(N)nc2c1ncn2[C@@H]1O[C@H](COP(=O)(N[C@@H](C)C(=O)OCC)Oc2ccccc2)[C@@H](O)[C@@]1(C)O. The lowest BCUT2D eigenvalue weighted by Crippen LogP contribution is -2.44. The Bertz CT molecular complexity index is 1470. The van der Waals surface area contributed by atoms with E-state index < -0.39 is 50.4 Å². The molecular weight excluding hydrogens is 571 g/mol. The predicted octanol–water partition coefficient (Wildman–Crippen LogP) is 2.17. The predicted molar refractivity (Wildman–Crippen MR) is 151 cm³/mol. The summed E-state index contributed by atoms with van der Waals surface area (Å²) in [5, 5.41) is 24.9. The number of anilines is 1. The van der Waals surface area contributed by atoms with Crippen molar-refractivity contribution in [2.75, 3.05) is 25.6 Å². The van der Waals surface area contributed by atoms with Crippen LogP contribution in [0.2, 0.25) is 0 Å². The molecule has 2 aromatic heterocycles. The highest BCUT2D eigenvalue weighted by Crippen LogP contribution is 2.47. The fraction of sp³-hybridized carbons (Fsp3) is 0.462. The van der Waals surface area contributed by atoms with E-state index in [0.717, 1.165) is 0 Å². The summed E-state index contributed by atoms with van der Waals surface area (Å²) in [6.45, 7) is 10.0. The van der Waals surface area contributed by atoms with Gasteiger partial charge in [0, 0.05) is 0 Å². The average Bonchev–Trinajstić information content (AvgIpc) is 3.45. The molecule has 0 amide bonds. The fourth-order valence-electron chi connectivity index (χ4n) is 4.36. The number of imidazole rings is 1. The Labute approximate surface area is 242 Å². The minimum Gasteiger partial charge on any atom is -0.492 e. The minimum absolute atomic E-state index is 0.0982. The lowest BCUT2D eigenvalue weighted by Gasteiger charge is -2.27. The van der Waals surface area contributed by atoms with Crippen LogP contribution in [-0.4, -0.2) is 79.4 Å². The van der Waals surface area contributed by atoms with E-state index >= 15 is 0 Å². The molecule has 228 valence electrons. The van der Waals surface area contributed by atoms with Crippen molar-refractivity contribution in [3.8, 4) is 5.75 Å². The molecule has 0 bridgehead atoms. The van der Waals surface area contributed by atoms with E-state index in [1.807, 2.05) is 0 Å². The average molecular weight is 607 g/mol. The van der Waals surface area contributed by atoms with Gasteiger partial charge in [0.15, 0.2) is 11.9 Å². The summed E-state index contributed by atoms with van der Waals surface area (Å²) < 4.78 is 42.9. The van der Waals surface area contributed by atoms with Crippen molar-refractivity contribution in [3.05, 3.63) is 48.9 Å². The number of nitrogen functional groups attached to an aromatic ring is 1. The molecule has 1 aromatic carbocycles. The number of ether oxygens (including phenoxy) is 3.